The number of aliphatic hydroxyl groups excluding tert-OH is 1. The predicted molar refractivity (Wildman–Crippen MR) is 191 cm³/mol. The highest BCUT2D eigenvalue weighted by Crippen LogP contribution is 2.39. The van der Waals surface area contributed by atoms with Gasteiger partial charge in [-0.3, -0.25) is 4.79 Å². The van der Waals surface area contributed by atoms with Gasteiger partial charge in [-0.2, -0.15) is 4.72 Å². The minimum atomic E-state index is -4.02. The Morgan fingerprint density at radius 2 is 1.68 bits per heavy atom. The minimum absolute atomic E-state index is 0.0666. The molecule has 1 fully saturated rings. The smallest absolute Gasteiger partial charge is 0.242 e. The third-order valence-corrected chi connectivity index (χ3v) is 10.7. The van der Waals surface area contributed by atoms with Crippen LogP contribution < -0.4 is 10.0 Å². The molecular weight excluding hydrogens is 699 g/mol. The van der Waals surface area contributed by atoms with Crippen LogP contribution in [0.5, 0.6) is 0 Å². The first kappa shape index (κ1) is 35.7. The normalized spacial score (nSPS) is 18.4. The Morgan fingerprint density at radius 1 is 0.940 bits per heavy atom. The van der Waals surface area contributed by atoms with Crippen LogP contribution >= 0.6 is 23.2 Å². The molecule has 0 saturated carbocycles. The number of halogens is 2. The van der Waals surface area contributed by atoms with E-state index in [1.807, 2.05) is 67.6 Å². The molecule has 10 nitrogen and oxygen atoms in total. The summed E-state index contributed by atoms with van der Waals surface area (Å²) in [6.07, 6.45) is 0.632. The lowest BCUT2D eigenvalue weighted by atomic mass is 10.00. The van der Waals surface area contributed by atoms with Crippen LogP contribution in [0.1, 0.15) is 46.6 Å². The molecular formula is C37H36Cl2N4O6S. The maximum Gasteiger partial charge on any atom is 0.242 e. The number of hydrogen-bond donors (Lipinski definition) is 3. The zero-order valence-electron chi connectivity index (χ0n) is 27.1. The minimum Gasteiger partial charge on any atom is -0.392 e. The van der Waals surface area contributed by atoms with Crippen molar-refractivity contribution in [2.45, 2.75) is 62.4 Å². The number of aryl methyl sites for hydroxylation is 1. The molecule has 4 aromatic carbocycles. The molecule has 260 valence electrons. The summed E-state index contributed by atoms with van der Waals surface area (Å²) >= 11 is 12.5. The molecule has 4 unspecified atom stereocenters. The SMILES string of the molecule is Cc1ccc(S(=O)(=O)NC(Cc2ccccc2)C(=O)Nc2cccc(C3OC(Cn4cnc(Cl)c4Cl)CC(c4ccc(CO)cc4)O3)c2)cc1. The number of carbonyl (C=O) groups excluding carboxylic acids is 1. The van der Waals surface area contributed by atoms with Gasteiger partial charge in [-0.05, 0) is 54.3 Å². The van der Waals surface area contributed by atoms with Gasteiger partial charge in [0.05, 0.1) is 36.6 Å². The highest BCUT2D eigenvalue weighted by Gasteiger charge is 2.33. The van der Waals surface area contributed by atoms with Crippen LogP contribution in [0.25, 0.3) is 0 Å². The van der Waals surface area contributed by atoms with Gasteiger partial charge >= 0.3 is 0 Å². The van der Waals surface area contributed by atoms with E-state index in [1.54, 1.807) is 41.2 Å². The van der Waals surface area contributed by atoms with Gasteiger partial charge in [-0.1, -0.05) is 108 Å². The Labute approximate surface area is 301 Å². The molecule has 2 heterocycles. The average Bonchev–Trinajstić information content (AvgIpc) is 3.44. The highest BCUT2D eigenvalue weighted by atomic mass is 35.5. The van der Waals surface area contributed by atoms with Crippen LogP contribution in [-0.2, 0) is 43.9 Å². The second-order valence-corrected chi connectivity index (χ2v) is 14.6. The first-order valence-electron chi connectivity index (χ1n) is 16.0. The molecule has 0 radical (unpaired) electrons. The molecule has 6 rings (SSSR count). The lowest BCUT2D eigenvalue weighted by molar-refractivity contribution is -0.252. The number of aromatic nitrogens is 2. The van der Waals surface area contributed by atoms with Crippen molar-refractivity contribution in [3.05, 3.63) is 148 Å². The molecule has 4 atom stereocenters. The lowest BCUT2D eigenvalue weighted by Crippen LogP contribution is -2.45. The van der Waals surface area contributed by atoms with Crippen LogP contribution in [0.3, 0.4) is 0 Å². The van der Waals surface area contributed by atoms with E-state index in [-0.39, 0.29) is 35.3 Å². The number of imidazole rings is 1. The maximum atomic E-state index is 13.8. The molecule has 1 aliphatic rings. The van der Waals surface area contributed by atoms with Crippen molar-refractivity contribution in [2.24, 2.45) is 0 Å². The highest BCUT2D eigenvalue weighted by molar-refractivity contribution is 7.89. The molecule has 1 aliphatic heterocycles. The van der Waals surface area contributed by atoms with Gasteiger partial charge in [0, 0.05) is 17.7 Å². The van der Waals surface area contributed by atoms with E-state index in [0.29, 0.717) is 29.4 Å². The van der Waals surface area contributed by atoms with Crippen LogP contribution in [0.4, 0.5) is 5.69 Å². The third-order valence-electron chi connectivity index (χ3n) is 8.40. The molecule has 1 saturated heterocycles. The van der Waals surface area contributed by atoms with Gasteiger partial charge < -0.3 is 24.5 Å². The molecule has 0 aliphatic carbocycles. The number of sulfonamides is 1. The van der Waals surface area contributed by atoms with Gasteiger partial charge in [0.25, 0.3) is 0 Å². The number of rotatable bonds is 12. The molecule has 0 bridgehead atoms. The van der Waals surface area contributed by atoms with Crippen LogP contribution in [0, 0.1) is 6.92 Å². The number of ether oxygens (including phenoxy) is 2. The summed E-state index contributed by atoms with van der Waals surface area (Å²) in [5.41, 5.74) is 4.47. The van der Waals surface area contributed by atoms with E-state index in [0.717, 1.165) is 22.3 Å². The largest absolute Gasteiger partial charge is 0.392 e. The fourth-order valence-electron chi connectivity index (χ4n) is 5.73. The van der Waals surface area contributed by atoms with E-state index in [1.165, 1.54) is 12.1 Å². The second-order valence-electron chi connectivity index (χ2n) is 12.1. The van der Waals surface area contributed by atoms with Crippen molar-refractivity contribution < 1.29 is 27.8 Å². The Morgan fingerprint density at radius 3 is 2.36 bits per heavy atom. The Kier molecular flexibility index (Phi) is 11.3. The fraction of sp³-hybridized carbons (Fsp3) is 0.243. The molecule has 3 N–H and O–H groups in total. The van der Waals surface area contributed by atoms with E-state index in [9.17, 15) is 18.3 Å². The van der Waals surface area contributed by atoms with Crippen molar-refractivity contribution >= 4 is 44.8 Å². The van der Waals surface area contributed by atoms with Gasteiger partial charge in [0.2, 0.25) is 15.9 Å². The molecule has 1 amide bonds. The standard InChI is InChI=1S/C37H36Cl2N4O6S/c1-24-10-16-31(17-11-24)50(46,47)42-32(18-25-6-3-2-4-7-25)36(45)41-29-9-5-8-28(19-29)37-48-30(21-43-23-40-34(38)35(43)39)20-33(49-37)27-14-12-26(22-44)13-15-27/h2-17,19,23,30,32-33,37,42,44H,18,20-22H2,1H3,(H,41,45). The monoisotopic (exact) mass is 734 g/mol. The van der Waals surface area contributed by atoms with Crippen molar-refractivity contribution in [3.8, 4) is 0 Å². The molecule has 13 heteroatoms. The number of amides is 1. The Hall–Kier alpha value is -4.07. The van der Waals surface area contributed by atoms with Gasteiger partial charge in [-0.15, -0.1) is 0 Å². The molecule has 0 spiro atoms. The zero-order valence-corrected chi connectivity index (χ0v) is 29.4. The van der Waals surface area contributed by atoms with Gasteiger partial charge in [-0.25, -0.2) is 13.4 Å². The van der Waals surface area contributed by atoms with Gasteiger partial charge in [0.15, 0.2) is 11.4 Å². The molecule has 50 heavy (non-hydrogen) atoms. The topological polar surface area (TPSA) is 132 Å². The summed E-state index contributed by atoms with van der Waals surface area (Å²) in [5.74, 6) is -0.529. The summed E-state index contributed by atoms with van der Waals surface area (Å²) < 4.78 is 44.0. The maximum absolute atomic E-state index is 13.8. The first-order valence-corrected chi connectivity index (χ1v) is 18.2. The fourth-order valence-corrected chi connectivity index (χ4v) is 7.23. The van der Waals surface area contributed by atoms with Crippen molar-refractivity contribution in [1.82, 2.24) is 14.3 Å². The summed E-state index contributed by atoms with van der Waals surface area (Å²) in [6.45, 7) is 2.16. The van der Waals surface area contributed by atoms with E-state index in [4.69, 9.17) is 32.7 Å². The van der Waals surface area contributed by atoms with Crippen molar-refractivity contribution in [1.29, 1.82) is 0 Å². The summed E-state index contributed by atoms with van der Waals surface area (Å²) in [5, 5.41) is 12.9. The number of benzene rings is 4. The number of nitrogens with zero attached hydrogens (tertiary/aromatic N) is 2. The number of hydrogen-bond acceptors (Lipinski definition) is 7. The van der Waals surface area contributed by atoms with Crippen LogP contribution in [-0.4, -0.2) is 41.1 Å². The van der Waals surface area contributed by atoms with Crippen LogP contribution in [0.2, 0.25) is 10.3 Å². The quantitative estimate of drug-likeness (QED) is 0.129. The Bertz CT molecular complexity index is 2030. The van der Waals surface area contributed by atoms with Crippen LogP contribution in [0.15, 0.2) is 114 Å². The summed E-state index contributed by atoms with van der Waals surface area (Å²) in [7, 11) is -4.02. The zero-order chi connectivity index (χ0) is 35.3. The third kappa shape index (κ3) is 8.80. The average molecular weight is 736 g/mol. The lowest BCUT2D eigenvalue weighted by Gasteiger charge is -2.36. The number of nitrogens with one attached hydrogen (secondary N) is 2. The predicted octanol–water partition coefficient (Wildman–Crippen LogP) is 6.76. The van der Waals surface area contributed by atoms with Gasteiger partial charge in [0.1, 0.15) is 11.2 Å². The Balaban J connectivity index is 1.24. The van der Waals surface area contributed by atoms with E-state index < -0.39 is 28.3 Å². The second kappa shape index (κ2) is 15.9. The summed E-state index contributed by atoms with van der Waals surface area (Å²) in [6, 6.07) is 29.1. The molecule has 5 aromatic rings. The van der Waals surface area contributed by atoms with E-state index in [2.05, 4.69) is 15.0 Å². The van der Waals surface area contributed by atoms with Crippen molar-refractivity contribution in [3.63, 3.8) is 0 Å². The first-order chi connectivity index (χ1) is 24.1. The molecule has 1 aromatic heterocycles. The van der Waals surface area contributed by atoms with E-state index >= 15 is 0 Å². The number of aliphatic hydroxyl groups is 1. The number of carbonyl (C=O) groups is 1. The summed E-state index contributed by atoms with van der Waals surface area (Å²) in [4.78, 5) is 17.9. The van der Waals surface area contributed by atoms with Crippen molar-refractivity contribution in [2.75, 3.05) is 5.32 Å². The number of anilines is 1.